The minimum atomic E-state index is 0.00138. The smallest absolute Gasteiger partial charge is 0.317 e. The number of benzene rings is 1. The SMILES string of the molecule is O=C(NCc1ccc(Br)cc1Cl)N1CCCSCC1. The van der Waals surface area contributed by atoms with Crippen molar-refractivity contribution in [3.05, 3.63) is 33.3 Å². The van der Waals surface area contributed by atoms with E-state index in [9.17, 15) is 4.79 Å². The second kappa shape index (κ2) is 7.41. The van der Waals surface area contributed by atoms with E-state index in [1.54, 1.807) is 0 Å². The van der Waals surface area contributed by atoms with E-state index < -0.39 is 0 Å². The summed E-state index contributed by atoms with van der Waals surface area (Å²) >= 11 is 11.4. The molecule has 2 rings (SSSR count). The molecule has 1 aromatic rings. The first-order valence-electron chi connectivity index (χ1n) is 6.21. The molecule has 6 heteroatoms. The zero-order valence-electron chi connectivity index (χ0n) is 10.5. The molecule has 0 saturated carbocycles. The average Bonchev–Trinajstić information content (AvgIpc) is 2.66. The van der Waals surface area contributed by atoms with Gasteiger partial charge in [-0.1, -0.05) is 33.6 Å². The first-order valence-corrected chi connectivity index (χ1v) is 8.54. The second-order valence-electron chi connectivity index (χ2n) is 4.35. The van der Waals surface area contributed by atoms with Crippen molar-refractivity contribution in [3.63, 3.8) is 0 Å². The van der Waals surface area contributed by atoms with Gasteiger partial charge < -0.3 is 10.2 Å². The van der Waals surface area contributed by atoms with Gasteiger partial charge in [0.05, 0.1) is 0 Å². The Morgan fingerprint density at radius 2 is 2.26 bits per heavy atom. The Morgan fingerprint density at radius 1 is 1.42 bits per heavy atom. The molecule has 19 heavy (non-hydrogen) atoms. The van der Waals surface area contributed by atoms with E-state index in [1.807, 2.05) is 34.9 Å². The third-order valence-electron chi connectivity index (χ3n) is 2.95. The summed E-state index contributed by atoms with van der Waals surface area (Å²) in [6.45, 7) is 2.13. The minimum absolute atomic E-state index is 0.00138. The van der Waals surface area contributed by atoms with Crippen LogP contribution in [0.3, 0.4) is 0 Å². The number of halogens is 2. The fraction of sp³-hybridized carbons (Fsp3) is 0.462. The van der Waals surface area contributed by atoms with Crippen LogP contribution < -0.4 is 5.32 Å². The highest BCUT2D eigenvalue weighted by Gasteiger charge is 2.15. The molecule has 1 heterocycles. The van der Waals surface area contributed by atoms with Crippen molar-refractivity contribution in [2.45, 2.75) is 13.0 Å². The van der Waals surface area contributed by atoms with E-state index in [2.05, 4.69) is 21.2 Å². The molecule has 3 nitrogen and oxygen atoms in total. The van der Waals surface area contributed by atoms with Crippen LogP contribution in [0.1, 0.15) is 12.0 Å². The summed E-state index contributed by atoms with van der Waals surface area (Å²) in [5.41, 5.74) is 0.933. The van der Waals surface area contributed by atoms with Crippen LogP contribution in [0.5, 0.6) is 0 Å². The average molecular weight is 364 g/mol. The normalized spacial score (nSPS) is 16.0. The van der Waals surface area contributed by atoms with Gasteiger partial charge in [-0.05, 0) is 29.9 Å². The van der Waals surface area contributed by atoms with E-state index in [4.69, 9.17) is 11.6 Å². The van der Waals surface area contributed by atoms with Crippen molar-refractivity contribution >= 4 is 45.3 Å². The second-order valence-corrected chi connectivity index (χ2v) is 6.90. The van der Waals surface area contributed by atoms with Gasteiger partial charge in [-0.3, -0.25) is 0 Å². The molecular weight excluding hydrogens is 348 g/mol. The summed E-state index contributed by atoms with van der Waals surface area (Å²) in [6, 6.07) is 5.69. The molecule has 2 amide bonds. The quantitative estimate of drug-likeness (QED) is 0.868. The first kappa shape index (κ1) is 15.0. The molecule has 104 valence electrons. The van der Waals surface area contributed by atoms with Crippen molar-refractivity contribution in [2.24, 2.45) is 0 Å². The number of urea groups is 1. The maximum absolute atomic E-state index is 12.1. The summed E-state index contributed by atoms with van der Waals surface area (Å²) in [4.78, 5) is 13.9. The number of hydrogen-bond donors (Lipinski definition) is 1. The number of amides is 2. The highest BCUT2D eigenvalue weighted by atomic mass is 79.9. The van der Waals surface area contributed by atoms with Crippen molar-refractivity contribution in [1.29, 1.82) is 0 Å². The van der Waals surface area contributed by atoms with Gasteiger partial charge >= 0.3 is 6.03 Å². The molecule has 0 unspecified atom stereocenters. The lowest BCUT2D eigenvalue weighted by Crippen LogP contribution is -2.40. The molecule has 1 aliphatic rings. The van der Waals surface area contributed by atoms with E-state index in [1.165, 1.54) is 0 Å². The Balaban J connectivity index is 1.88. The lowest BCUT2D eigenvalue weighted by Gasteiger charge is -2.20. The molecule has 0 spiro atoms. The third-order valence-corrected chi connectivity index (χ3v) is 4.85. The Hall–Kier alpha value is -0.390. The molecule has 1 aliphatic heterocycles. The summed E-state index contributed by atoms with van der Waals surface area (Å²) in [5, 5.41) is 3.60. The highest BCUT2D eigenvalue weighted by Crippen LogP contribution is 2.21. The van der Waals surface area contributed by atoms with E-state index in [-0.39, 0.29) is 6.03 Å². The number of nitrogens with one attached hydrogen (secondary N) is 1. The number of hydrogen-bond acceptors (Lipinski definition) is 2. The van der Waals surface area contributed by atoms with Crippen LogP contribution in [-0.4, -0.2) is 35.5 Å². The first-order chi connectivity index (χ1) is 9.16. The Labute approximate surface area is 131 Å². The summed E-state index contributed by atoms with van der Waals surface area (Å²) in [7, 11) is 0. The lowest BCUT2D eigenvalue weighted by atomic mass is 10.2. The zero-order valence-corrected chi connectivity index (χ0v) is 13.7. The van der Waals surface area contributed by atoms with Gasteiger partial charge in [0.15, 0.2) is 0 Å². The van der Waals surface area contributed by atoms with Crippen LogP contribution in [0.4, 0.5) is 4.79 Å². The molecule has 1 fully saturated rings. The van der Waals surface area contributed by atoms with Gasteiger partial charge in [-0.15, -0.1) is 0 Å². The Morgan fingerprint density at radius 3 is 3.05 bits per heavy atom. The van der Waals surface area contributed by atoms with Crippen LogP contribution in [0.25, 0.3) is 0 Å². The number of nitrogens with zero attached hydrogens (tertiary/aromatic N) is 1. The summed E-state index contributed by atoms with van der Waals surface area (Å²) < 4.78 is 0.942. The van der Waals surface area contributed by atoms with E-state index >= 15 is 0 Å². The fourth-order valence-corrected chi connectivity index (χ4v) is 3.52. The molecule has 0 bridgehead atoms. The van der Waals surface area contributed by atoms with Gasteiger partial charge in [-0.2, -0.15) is 11.8 Å². The van der Waals surface area contributed by atoms with Crippen LogP contribution in [0.15, 0.2) is 22.7 Å². The molecule has 1 saturated heterocycles. The highest BCUT2D eigenvalue weighted by molar-refractivity contribution is 9.10. The van der Waals surface area contributed by atoms with Crippen LogP contribution in [-0.2, 0) is 6.54 Å². The summed E-state index contributed by atoms with van der Waals surface area (Å²) in [6.07, 6.45) is 1.07. The molecule has 1 N–H and O–H groups in total. The number of carbonyl (C=O) groups is 1. The number of thioether (sulfide) groups is 1. The van der Waals surface area contributed by atoms with Crippen LogP contribution >= 0.6 is 39.3 Å². The molecular formula is C13H16BrClN2OS. The number of rotatable bonds is 2. The predicted octanol–water partition coefficient (Wildman–Crippen LogP) is 3.75. The van der Waals surface area contributed by atoms with Gasteiger partial charge in [0.25, 0.3) is 0 Å². The third kappa shape index (κ3) is 4.58. The molecule has 0 radical (unpaired) electrons. The van der Waals surface area contributed by atoms with Gasteiger partial charge in [0, 0.05) is 34.9 Å². The van der Waals surface area contributed by atoms with E-state index in [0.29, 0.717) is 11.6 Å². The lowest BCUT2D eigenvalue weighted by molar-refractivity contribution is 0.201. The Bertz CT molecular complexity index is 450. The number of carbonyl (C=O) groups excluding carboxylic acids is 1. The maximum atomic E-state index is 12.1. The maximum Gasteiger partial charge on any atom is 0.317 e. The fourth-order valence-electron chi connectivity index (χ4n) is 1.90. The summed E-state index contributed by atoms with van der Waals surface area (Å²) in [5.74, 6) is 2.16. The van der Waals surface area contributed by atoms with Crippen molar-refractivity contribution in [1.82, 2.24) is 10.2 Å². The van der Waals surface area contributed by atoms with Crippen molar-refractivity contribution < 1.29 is 4.79 Å². The Kier molecular flexibility index (Phi) is 5.85. The standard InChI is InChI=1S/C13H16BrClN2OS/c14-11-3-2-10(12(15)8-11)9-16-13(18)17-4-1-6-19-7-5-17/h2-3,8H,1,4-7,9H2,(H,16,18). The predicted molar refractivity (Wildman–Crippen MR) is 84.9 cm³/mol. The van der Waals surface area contributed by atoms with Gasteiger partial charge in [-0.25, -0.2) is 4.79 Å². The molecule has 0 atom stereocenters. The van der Waals surface area contributed by atoms with Crippen molar-refractivity contribution in [3.8, 4) is 0 Å². The molecule has 0 aromatic heterocycles. The minimum Gasteiger partial charge on any atom is -0.334 e. The van der Waals surface area contributed by atoms with Crippen LogP contribution in [0.2, 0.25) is 5.02 Å². The topological polar surface area (TPSA) is 32.3 Å². The zero-order chi connectivity index (χ0) is 13.7. The molecule has 1 aromatic carbocycles. The van der Waals surface area contributed by atoms with Crippen LogP contribution in [0, 0.1) is 0 Å². The monoisotopic (exact) mass is 362 g/mol. The van der Waals surface area contributed by atoms with Gasteiger partial charge in [0.1, 0.15) is 0 Å². The van der Waals surface area contributed by atoms with Crippen molar-refractivity contribution in [2.75, 3.05) is 24.6 Å². The van der Waals surface area contributed by atoms with E-state index in [0.717, 1.165) is 41.1 Å². The van der Waals surface area contributed by atoms with Gasteiger partial charge in [0.2, 0.25) is 0 Å². The molecule has 0 aliphatic carbocycles. The largest absolute Gasteiger partial charge is 0.334 e.